The topological polar surface area (TPSA) is 0 Å². The number of rotatable bonds is 0. The summed E-state index contributed by atoms with van der Waals surface area (Å²) < 4.78 is 1.43. The second-order valence-corrected chi connectivity index (χ2v) is 4.04. The fourth-order valence-corrected chi connectivity index (χ4v) is 1.18. The molecule has 0 atom stereocenters. The monoisotopic (exact) mass is 150 g/mol. The van der Waals surface area contributed by atoms with Gasteiger partial charge in [0.25, 0.3) is 0 Å². The average molecular weight is 151 g/mol. The number of hydrogen-bond acceptors (Lipinski definition) is 0. The predicted molar refractivity (Wildman–Crippen MR) is 36.8 cm³/mol. The van der Waals surface area contributed by atoms with Crippen LogP contribution in [0.3, 0.4) is 0 Å². The van der Waals surface area contributed by atoms with Gasteiger partial charge in [-0.2, -0.15) is 0 Å². The molecular formula is C6H4ClK. The van der Waals surface area contributed by atoms with Crippen LogP contribution in [0.4, 0.5) is 0 Å². The van der Waals surface area contributed by atoms with Crippen molar-refractivity contribution in [3.63, 3.8) is 0 Å². The van der Waals surface area contributed by atoms with Crippen molar-refractivity contribution in [2.24, 2.45) is 0 Å². The van der Waals surface area contributed by atoms with Crippen LogP contribution < -0.4 is -0.342 Å². The first-order valence-corrected chi connectivity index (χ1v) is 4.45. The molecule has 0 fully saturated rings. The van der Waals surface area contributed by atoms with Gasteiger partial charge in [0.15, 0.2) is 0 Å². The molecule has 0 radical (unpaired) electrons. The Kier molecular flexibility index (Phi) is 3.04. The van der Waals surface area contributed by atoms with Crippen LogP contribution in [0.15, 0.2) is 24.3 Å². The normalized spacial score (nSPS) is 9.38. The van der Waals surface area contributed by atoms with Crippen molar-refractivity contribution >= 4 is 60.2 Å². The molecule has 0 aliphatic rings. The fraction of sp³-hybridized carbons (Fsp3) is 0. The van der Waals surface area contributed by atoms with E-state index in [9.17, 15) is 0 Å². The minimum absolute atomic E-state index is 0.789. The zero-order valence-corrected chi connectivity index (χ0v) is 8.57. The summed E-state index contributed by atoms with van der Waals surface area (Å²) in [6, 6.07) is 8.01. The van der Waals surface area contributed by atoms with E-state index in [1.54, 1.807) is 0 Å². The fourth-order valence-electron chi connectivity index (χ4n) is 0.533. The Hall–Kier alpha value is 1.15. The molecule has 1 aromatic rings. The van der Waals surface area contributed by atoms with Crippen LogP contribution >= 0.6 is 11.6 Å². The molecule has 0 saturated carbocycles. The van der Waals surface area contributed by atoms with Crippen LogP contribution in [0.25, 0.3) is 0 Å². The molecule has 0 spiro atoms. The summed E-state index contributed by atoms with van der Waals surface area (Å²) in [4.78, 5) is 0. The minimum atomic E-state index is 0.789. The summed E-state index contributed by atoms with van der Waals surface area (Å²) in [5.74, 6) is 0. The van der Waals surface area contributed by atoms with E-state index in [-0.39, 0.29) is 0 Å². The Morgan fingerprint density at radius 1 is 1.12 bits per heavy atom. The second-order valence-electron chi connectivity index (χ2n) is 1.80. The summed E-state index contributed by atoms with van der Waals surface area (Å²) in [7, 11) is 0. The van der Waals surface area contributed by atoms with E-state index in [0.29, 0.717) is 0 Å². The molecule has 0 saturated heterocycles. The third kappa shape index (κ3) is 2.17. The number of halogens is 1. The van der Waals surface area contributed by atoms with Gasteiger partial charge in [0, 0.05) is 0 Å². The zero-order chi connectivity index (χ0) is 5.98. The summed E-state index contributed by atoms with van der Waals surface area (Å²) in [6.07, 6.45) is 0. The molecule has 0 bridgehead atoms. The number of hydrogen-bond donors (Lipinski definition) is 0. The standard InChI is InChI=1S/C6H4Cl.K/c7-6-4-2-1-3-5-6;/h2-5H;. The molecule has 0 aromatic heterocycles. The third-order valence-corrected chi connectivity index (χ3v) is 2.30. The van der Waals surface area contributed by atoms with E-state index in [1.807, 2.05) is 12.1 Å². The van der Waals surface area contributed by atoms with Crippen molar-refractivity contribution < 1.29 is 0 Å². The average Bonchev–Trinajstić information content (AvgIpc) is 1.77. The molecule has 36 valence electrons. The molecule has 1 rings (SSSR count). The molecule has 0 N–H and O–H groups in total. The van der Waals surface area contributed by atoms with Crippen molar-refractivity contribution in [2.45, 2.75) is 0 Å². The first-order chi connectivity index (χ1) is 3.79. The van der Waals surface area contributed by atoms with Gasteiger partial charge in [-0.3, -0.25) is 0 Å². The van der Waals surface area contributed by atoms with Crippen LogP contribution in [0.5, 0.6) is 0 Å². The zero-order valence-electron chi connectivity index (χ0n) is 4.69. The first kappa shape index (κ1) is 7.26. The Bertz CT molecular complexity index is 147. The summed E-state index contributed by atoms with van der Waals surface area (Å²) in [5.41, 5.74) is 0. The van der Waals surface area contributed by atoms with Gasteiger partial charge in [0.2, 0.25) is 0 Å². The summed E-state index contributed by atoms with van der Waals surface area (Å²) >= 11 is 6.42. The van der Waals surface area contributed by atoms with Gasteiger partial charge in [-0.05, 0) is 0 Å². The molecule has 8 heavy (non-hydrogen) atoms. The van der Waals surface area contributed by atoms with Crippen molar-refractivity contribution in [3.05, 3.63) is 29.3 Å². The Morgan fingerprint density at radius 3 is 2.00 bits per heavy atom. The Labute approximate surface area is 87.8 Å². The van der Waals surface area contributed by atoms with Gasteiger partial charge in [0.05, 0.1) is 0 Å². The van der Waals surface area contributed by atoms with Gasteiger partial charge in [-0.1, -0.05) is 0 Å². The molecule has 0 unspecified atom stereocenters. The maximum absolute atomic E-state index is 5.63. The van der Waals surface area contributed by atoms with E-state index in [0.717, 1.165) is 54.0 Å². The molecule has 2 heteroatoms. The molecular weight excluding hydrogens is 147 g/mol. The van der Waals surface area contributed by atoms with Gasteiger partial charge in [-0.25, -0.2) is 0 Å². The van der Waals surface area contributed by atoms with Gasteiger partial charge < -0.3 is 0 Å². The van der Waals surface area contributed by atoms with Crippen molar-refractivity contribution in [1.29, 1.82) is 0 Å². The quantitative estimate of drug-likeness (QED) is 0.487. The van der Waals surface area contributed by atoms with Crippen molar-refractivity contribution in [3.8, 4) is 0 Å². The van der Waals surface area contributed by atoms with E-state index in [4.69, 9.17) is 11.6 Å². The second kappa shape index (κ2) is 3.35. The summed E-state index contributed by atoms with van der Waals surface area (Å²) in [6.45, 7) is 0. The van der Waals surface area contributed by atoms with Crippen LogP contribution in [-0.4, -0.2) is 49.0 Å². The van der Waals surface area contributed by atoms with Gasteiger partial charge >= 0.3 is 89.5 Å². The molecule has 0 aliphatic heterocycles. The molecule has 0 amide bonds. The van der Waals surface area contributed by atoms with Crippen molar-refractivity contribution in [1.82, 2.24) is 0 Å². The van der Waals surface area contributed by atoms with Crippen LogP contribution in [0.2, 0.25) is 5.02 Å². The van der Waals surface area contributed by atoms with E-state index >= 15 is 0 Å². The SMILES string of the molecule is Clc1cc[c]([K])cc1. The van der Waals surface area contributed by atoms with E-state index in [1.165, 1.54) is -0.342 Å². The van der Waals surface area contributed by atoms with Crippen LogP contribution in [0.1, 0.15) is 0 Å². The van der Waals surface area contributed by atoms with Crippen LogP contribution in [-0.2, 0) is 0 Å². The number of benzene rings is 1. The predicted octanol–water partition coefficient (Wildman–Crippen LogP) is 1.13. The molecule has 1 aromatic carbocycles. The molecule has 0 aliphatic carbocycles. The first-order valence-electron chi connectivity index (χ1n) is 2.51. The Balaban J connectivity index is 3.03. The third-order valence-electron chi connectivity index (χ3n) is 1.01. The van der Waals surface area contributed by atoms with Crippen molar-refractivity contribution in [2.75, 3.05) is 0 Å². The maximum atomic E-state index is 5.63. The van der Waals surface area contributed by atoms with E-state index < -0.39 is 0 Å². The summed E-state index contributed by atoms with van der Waals surface area (Å²) in [5, 5.41) is 0.831. The Morgan fingerprint density at radius 2 is 1.62 bits per heavy atom. The van der Waals surface area contributed by atoms with Gasteiger partial charge in [0.1, 0.15) is 0 Å². The molecule has 0 nitrogen and oxygen atoms in total. The van der Waals surface area contributed by atoms with Crippen LogP contribution in [0, 0.1) is 0 Å². The molecule has 0 heterocycles. The van der Waals surface area contributed by atoms with E-state index in [2.05, 4.69) is 12.1 Å². The van der Waals surface area contributed by atoms with Gasteiger partial charge in [-0.15, -0.1) is 0 Å².